The number of β-lactam (4-membered cyclic amide) rings is 1. The maximum Gasteiger partial charge on any atom is 0.345 e. The molecule has 9 nitrogen and oxygen atoms in total. The van der Waals surface area contributed by atoms with E-state index in [-0.39, 0.29) is 35.0 Å². The van der Waals surface area contributed by atoms with E-state index in [0.29, 0.717) is 0 Å². The van der Waals surface area contributed by atoms with Gasteiger partial charge in [0.25, 0.3) is 5.69 Å². The summed E-state index contributed by atoms with van der Waals surface area (Å²) in [5, 5.41) is 13.3. The summed E-state index contributed by atoms with van der Waals surface area (Å²) in [5.74, 6) is -3.37. The Morgan fingerprint density at radius 1 is 1.19 bits per heavy atom. The minimum absolute atomic E-state index is 0.0411. The van der Waals surface area contributed by atoms with Crippen LogP contribution in [0.1, 0.15) is 37.6 Å². The minimum Gasteiger partial charge on any atom is -0.389 e. The minimum atomic E-state index is -1.01. The summed E-state index contributed by atoms with van der Waals surface area (Å²) in [6, 6.07) is 4.20. The molecule has 1 aliphatic rings. The SMILES string of the molecule is CC(C(=O)CC(=O)OC(=O)c1ccc([N+](=O)[O-])cc1)[C@H]1NC(=O)[C@@H]1C(C)C. The van der Waals surface area contributed by atoms with Gasteiger partial charge in [0.2, 0.25) is 5.91 Å². The maximum atomic E-state index is 12.3. The standard InChI is InChI=1S/C18H20N2O7/c1-9(2)15-16(19-17(15)23)10(3)13(21)8-14(22)27-18(24)11-4-6-12(7-5-11)20(25)26/h4-7,9-10,15-16H,8H2,1-3H3,(H,19,23)/t10?,15-,16-/m1/s1. The lowest BCUT2D eigenvalue weighted by atomic mass is 9.74. The number of benzene rings is 1. The number of carbonyl (C=O) groups is 4. The quantitative estimate of drug-likeness (QED) is 0.251. The number of rotatable bonds is 7. The van der Waals surface area contributed by atoms with Crippen molar-refractivity contribution < 1.29 is 28.8 Å². The molecule has 1 amide bonds. The zero-order chi connectivity index (χ0) is 20.3. The molecule has 0 aliphatic carbocycles. The van der Waals surface area contributed by atoms with E-state index < -0.39 is 35.0 Å². The molecule has 1 unspecified atom stereocenters. The highest BCUT2D eigenvalue weighted by atomic mass is 16.6. The van der Waals surface area contributed by atoms with Crippen molar-refractivity contribution in [2.45, 2.75) is 33.2 Å². The third-order valence-electron chi connectivity index (χ3n) is 4.60. The number of nitro benzene ring substituents is 1. The molecule has 1 fully saturated rings. The van der Waals surface area contributed by atoms with Crippen LogP contribution in [0.5, 0.6) is 0 Å². The van der Waals surface area contributed by atoms with Gasteiger partial charge in [-0.05, 0) is 18.1 Å². The number of nitrogens with one attached hydrogen (secondary N) is 1. The molecule has 0 aromatic heterocycles. The van der Waals surface area contributed by atoms with Gasteiger partial charge in [-0.25, -0.2) is 4.79 Å². The average Bonchev–Trinajstić information content (AvgIpc) is 2.58. The largest absolute Gasteiger partial charge is 0.389 e. The molecule has 0 spiro atoms. The first-order valence-electron chi connectivity index (χ1n) is 8.44. The van der Waals surface area contributed by atoms with Crippen LogP contribution in [0.2, 0.25) is 0 Å². The van der Waals surface area contributed by atoms with Gasteiger partial charge in [-0.3, -0.25) is 24.5 Å². The van der Waals surface area contributed by atoms with Crippen LogP contribution < -0.4 is 5.32 Å². The average molecular weight is 376 g/mol. The fraction of sp³-hybridized carbons (Fsp3) is 0.444. The second kappa shape index (κ2) is 8.07. The van der Waals surface area contributed by atoms with Gasteiger partial charge < -0.3 is 10.1 Å². The molecule has 9 heteroatoms. The lowest BCUT2D eigenvalue weighted by Gasteiger charge is -2.42. The Morgan fingerprint density at radius 3 is 2.26 bits per heavy atom. The zero-order valence-electron chi connectivity index (χ0n) is 15.1. The monoisotopic (exact) mass is 376 g/mol. The summed E-state index contributed by atoms with van der Waals surface area (Å²) in [6.07, 6.45) is -0.600. The Bertz CT molecular complexity index is 785. The summed E-state index contributed by atoms with van der Waals surface area (Å²) in [7, 11) is 0. The second-order valence-electron chi connectivity index (χ2n) is 6.80. The van der Waals surface area contributed by atoms with Crippen molar-refractivity contribution in [3.63, 3.8) is 0 Å². The first kappa shape index (κ1) is 20.2. The Kier molecular flexibility index (Phi) is 6.04. The molecule has 0 bridgehead atoms. The van der Waals surface area contributed by atoms with Crippen LogP contribution in [0.4, 0.5) is 5.69 Å². The van der Waals surface area contributed by atoms with Crippen molar-refractivity contribution in [3.05, 3.63) is 39.9 Å². The number of ketones is 1. The van der Waals surface area contributed by atoms with Crippen molar-refractivity contribution in [3.8, 4) is 0 Å². The number of amides is 1. The van der Waals surface area contributed by atoms with Crippen LogP contribution in [0.3, 0.4) is 0 Å². The third kappa shape index (κ3) is 4.55. The summed E-state index contributed by atoms with van der Waals surface area (Å²) in [4.78, 5) is 57.6. The number of esters is 2. The number of nitrogens with zero attached hydrogens (tertiary/aromatic N) is 1. The molecule has 0 radical (unpaired) electrons. The Labute approximate surface area is 155 Å². The highest BCUT2D eigenvalue weighted by molar-refractivity contribution is 6.04. The molecule has 27 heavy (non-hydrogen) atoms. The number of hydrogen-bond donors (Lipinski definition) is 1. The van der Waals surface area contributed by atoms with E-state index in [4.69, 9.17) is 0 Å². The second-order valence-corrected chi connectivity index (χ2v) is 6.80. The molecule has 1 saturated heterocycles. The van der Waals surface area contributed by atoms with Crippen LogP contribution >= 0.6 is 0 Å². The van der Waals surface area contributed by atoms with E-state index in [1.165, 1.54) is 0 Å². The number of nitro groups is 1. The van der Waals surface area contributed by atoms with E-state index in [1.807, 2.05) is 13.8 Å². The van der Waals surface area contributed by atoms with E-state index in [9.17, 15) is 29.3 Å². The lowest BCUT2D eigenvalue weighted by Crippen LogP contribution is -2.63. The Morgan fingerprint density at radius 2 is 1.78 bits per heavy atom. The van der Waals surface area contributed by atoms with Crippen molar-refractivity contribution in [1.82, 2.24) is 5.32 Å². The molecular formula is C18H20N2O7. The fourth-order valence-electron chi connectivity index (χ4n) is 2.99. The van der Waals surface area contributed by atoms with Gasteiger partial charge in [-0.2, -0.15) is 0 Å². The highest BCUT2D eigenvalue weighted by Crippen LogP contribution is 2.29. The first-order valence-corrected chi connectivity index (χ1v) is 8.44. The van der Waals surface area contributed by atoms with Crippen LogP contribution in [-0.2, 0) is 19.1 Å². The molecule has 1 N–H and O–H groups in total. The summed E-state index contributed by atoms with van der Waals surface area (Å²) >= 11 is 0. The summed E-state index contributed by atoms with van der Waals surface area (Å²) in [6.45, 7) is 5.38. The van der Waals surface area contributed by atoms with Crippen molar-refractivity contribution >= 4 is 29.3 Å². The molecule has 1 heterocycles. The first-order chi connectivity index (χ1) is 12.6. The van der Waals surface area contributed by atoms with Crippen LogP contribution in [0, 0.1) is 27.9 Å². The van der Waals surface area contributed by atoms with Crippen molar-refractivity contribution in [2.24, 2.45) is 17.8 Å². The van der Waals surface area contributed by atoms with Crippen molar-refractivity contribution in [2.75, 3.05) is 0 Å². The summed E-state index contributed by atoms with van der Waals surface area (Å²) in [5.41, 5.74) is -0.246. The summed E-state index contributed by atoms with van der Waals surface area (Å²) < 4.78 is 4.63. The molecule has 1 aromatic carbocycles. The van der Waals surface area contributed by atoms with Crippen LogP contribution in [0.15, 0.2) is 24.3 Å². The molecule has 3 atom stereocenters. The predicted molar refractivity (Wildman–Crippen MR) is 92.6 cm³/mol. The predicted octanol–water partition coefficient (Wildman–Crippen LogP) is 1.64. The number of hydrogen-bond acceptors (Lipinski definition) is 7. The number of Topliss-reactive ketones (excluding diaryl/α,β-unsaturated/α-hetero) is 1. The number of ether oxygens (including phenoxy) is 1. The molecular weight excluding hydrogens is 356 g/mol. The van der Waals surface area contributed by atoms with Crippen molar-refractivity contribution in [1.29, 1.82) is 0 Å². The topological polar surface area (TPSA) is 133 Å². The smallest absolute Gasteiger partial charge is 0.345 e. The van der Waals surface area contributed by atoms with Crippen LogP contribution in [0.25, 0.3) is 0 Å². The molecule has 0 saturated carbocycles. The zero-order valence-corrected chi connectivity index (χ0v) is 15.1. The van der Waals surface area contributed by atoms with Gasteiger partial charge in [0.1, 0.15) is 12.2 Å². The van der Waals surface area contributed by atoms with E-state index in [2.05, 4.69) is 10.1 Å². The van der Waals surface area contributed by atoms with Gasteiger partial charge in [-0.15, -0.1) is 0 Å². The molecule has 1 aromatic rings. The normalized spacial score (nSPS) is 19.6. The van der Waals surface area contributed by atoms with E-state index >= 15 is 0 Å². The van der Waals surface area contributed by atoms with E-state index in [0.717, 1.165) is 24.3 Å². The molecule has 2 rings (SSSR count). The highest BCUT2D eigenvalue weighted by Gasteiger charge is 2.46. The van der Waals surface area contributed by atoms with Gasteiger partial charge in [0.05, 0.1) is 22.4 Å². The number of non-ortho nitro benzene ring substituents is 1. The number of carbonyl (C=O) groups excluding carboxylic acids is 4. The van der Waals surface area contributed by atoms with E-state index in [1.54, 1.807) is 6.92 Å². The van der Waals surface area contributed by atoms with Gasteiger partial charge in [-0.1, -0.05) is 20.8 Å². The Hall–Kier alpha value is -3.10. The third-order valence-corrected chi connectivity index (χ3v) is 4.60. The molecule has 144 valence electrons. The van der Waals surface area contributed by atoms with Gasteiger partial charge in [0, 0.05) is 18.1 Å². The Balaban J connectivity index is 1.90. The van der Waals surface area contributed by atoms with Crippen LogP contribution in [-0.4, -0.2) is 34.6 Å². The fourth-order valence-corrected chi connectivity index (χ4v) is 2.99. The molecule has 1 aliphatic heterocycles. The van der Waals surface area contributed by atoms with Gasteiger partial charge in [0.15, 0.2) is 0 Å². The van der Waals surface area contributed by atoms with Gasteiger partial charge >= 0.3 is 11.9 Å². The maximum absolute atomic E-state index is 12.3. The lowest BCUT2D eigenvalue weighted by molar-refractivity contribution is -0.384.